The van der Waals surface area contributed by atoms with Gasteiger partial charge in [0.25, 0.3) is 0 Å². The normalized spacial score (nSPS) is 11.7. The van der Waals surface area contributed by atoms with Crippen LogP contribution in [-0.4, -0.2) is 49.2 Å². The lowest BCUT2D eigenvalue weighted by Gasteiger charge is -2.16. The maximum Gasteiger partial charge on any atom is 0.245 e. The Bertz CT molecular complexity index is 763. The van der Waals surface area contributed by atoms with Crippen molar-refractivity contribution >= 4 is 11.9 Å². The van der Waals surface area contributed by atoms with Gasteiger partial charge in [-0.05, 0) is 22.1 Å². The minimum absolute atomic E-state index is 0.146. The van der Waals surface area contributed by atoms with Gasteiger partial charge in [-0.1, -0.05) is 30.3 Å². The van der Waals surface area contributed by atoms with E-state index in [0.29, 0.717) is 25.5 Å². The lowest BCUT2D eigenvalue weighted by Crippen LogP contribution is -2.36. The number of nitrogens with one attached hydrogen (secondary N) is 2. The summed E-state index contributed by atoms with van der Waals surface area (Å²) >= 11 is 0. The molecule has 3 rings (SSSR count). The molecule has 25 heavy (non-hydrogen) atoms. The van der Waals surface area contributed by atoms with Gasteiger partial charge >= 0.3 is 0 Å². The number of tetrazole rings is 1. The van der Waals surface area contributed by atoms with Gasteiger partial charge in [0, 0.05) is 31.9 Å². The molecule has 0 fully saturated rings. The summed E-state index contributed by atoms with van der Waals surface area (Å²) in [6, 6.07) is 11.0. The summed E-state index contributed by atoms with van der Waals surface area (Å²) in [7, 11) is 0. The molecule has 0 radical (unpaired) electrons. The number of rotatable bonds is 8. The molecule has 0 bridgehead atoms. The van der Waals surface area contributed by atoms with Gasteiger partial charge in [-0.15, -0.1) is 5.10 Å². The topological polar surface area (TPSA) is 111 Å². The van der Waals surface area contributed by atoms with Crippen molar-refractivity contribution in [1.82, 2.24) is 35.5 Å². The van der Waals surface area contributed by atoms with Crippen LogP contribution in [0.3, 0.4) is 0 Å². The van der Waals surface area contributed by atoms with Crippen LogP contribution in [0.15, 0.2) is 55.1 Å². The molecule has 0 aliphatic heterocycles. The number of hydrogen-bond acceptors (Lipinski definition) is 7. The Balaban J connectivity index is 1.56. The molecule has 3 aromatic rings. The molecular weight excluding hydrogens is 320 g/mol. The Hall–Kier alpha value is -3.36. The number of anilines is 1. The van der Waals surface area contributed by atoms with E-state index in [1.807, 2.05) is 30.3 Å². The first-order chi connectivity index (χ1) is 12.3. The molecule has 0 saturated carbocycles. The first-order valence-corrected chi connectivity index (χ1v) is 7.88. The number of amides is 1. The monoisotopic (exact) mass is 338 g/mol. The highest BCUT2D eigenvalue weighted by molar-refractivity contribution is 5.80. The first-order valence-electron chi connectivity index (χ1n) is 7.88. The Labute approximate surface area is 144 Å². The zero-order valence-corrected chi connectivity index (χ0v) is 13.5. The zero-order chi connectivity index (χ0) is 17.3. The smallest absolute Gasteiger partial charge is 0.245 e. The number of carbonyl (C=O) groups excluding carboxylic acids is 1. The van der Waals surface area contributed by atoms with E-state index in [2.05, 4.69) is 36.1 Å². The van der Waals surface area contributed by atoms with Gasteiger partial charge in [-0.2, -0.15) is 0 Å². The molecule has 0 spiro atoms. The van der Waals surface area contributed by atoms with Crippen LogP contribution in [0, 0.1) is 0 Å². The Morgan fingerprint density at radius 2 is 1.88 bits per heavy atom. The summed E-state index contributed by atoms with van der Waals surface area (Å²) in [4.78, 5) is 20.7. The number of benzene rings is 1. The van der Waals surface area contributed by atoms with Gasteiger partial charge in [0.2, 0.25) is 11.9 Å². The fourth-order valence-electron chi connectivity index (χ4n) is 2.32. The minimum Gasteiger partial charge on any atom is -0.352 e. The molecule has 0 aliphatic rings. The quantitative estimate of drug-likeness (QED) is 0.575. The van der Waals surface area contributed by atoms with Gasteiger partial charge in [0.05, 0.1) is 0 Å². The minimum atomic E-state index is -0.509. The molecule has 9 heteroatoms. The average Bonchev–Trinajstić information content (AvgIpc) is 3.19. The molecular formula is C16H18N8O. The van der Waals surface area contributed by atoms with Crippen LogP contribution in [0.4, 0.5) is 5.95 Å². The SMILES string of the molecule is O=C(NCCNc1ncccn1)[C@H](Cc1ccccc1)n1cnnn1. The standard InChI is InChI=1S/C16H18N8O/c25-15(17-9-10-20-16-18-7-4-8-19-16)14(24-12-21-22-23-24)11-13-5-2-1-3-6-13/h1-8,12,14H,9-11H2,(H,17,25)(H,18,19,20)/t14-/m0/s1. The van der Waals surface area contributed by atoms with Crippen molar-refractivity contribution in [2.45, 2.75) is 12.5 Å². The third-order valence-electron chi connectivity index (χ3n) is 3.53. The number of hydrogen-bond donors (Lipinski definition) is 2. The van der Waals surface area contributed by atoms with Crippen molar-refractivity contribution in [3.05, 3.63) is 60.7 Å². The molecule has 128 valence electrons. The lowest BCUT2D eigenvalue weighted by molar-refractivity contribution is -0.124. The molecule has 2 aromatic heterocycles. The highest BCUT2D eigenvalue weighted by atomic mass is 16.2. The summed E-state index contributed by atoms with van der Waals surface area (Å²) in [6.45, 7) is 0.952. The highest BCUT2D eigenvalue weighted by Crippen LogP contribution is 2.13. The second kappa shape index (κ2) is 8.48. The molecule has 0 saturated heterocycles. The van der Waals surface area contributed by atoms with E-state index in [1.165, 1.54) is 11.0 Å². The average molecular weight is 338 g/mol. The van der Waals surface area contributed by atoms with Crippen molar-refractivity contribution in [2.75, 3.05) is 18.4 Å². The fourth-order valence-corrected chi connectivity index (χ4v) is 2.32. The summed E-state index contributed by atoms with van der Waals surface area (Å²) in [6.07, 6.45) is 5.26. The van der Waals surface area contributed by atoms with E-state index >= 15 is 0 Å². The number of nitrogens with zero attached hydrogens (tertiary/aromatic N) is 6. The lowest BCUT2D eigenvalue weighted by atomic mass is 10.1. The highest BCUT2D eigenvalue weighted by Gasteiger charge is 2.21. The number of aromatic nitrogens is 6. The van der Waals surface area contributed by atoms with Crippen LogP contribution in [-0.2, 0) is 11.2 Å². The van der Waals surface area contributed by atoms with Crippen LogP contribution in [0.1, 0.15) is 11.6 Å². The number of carbonyl (C=O) groups is 1. The van der Waals surface area contributed by atoms with Crippen molar-refractivity contribution in [3.63, 3.8) is 0 Å². The van der Waals surface area contributed by atoms with E-state index in [0.717, 1.165) is 5.56 Å². The summed E-state index contributed by atoms with van der Waals surface area (Å²) in [5, 5.41) is 17.0. The molecule has 2 N–H and O–H groups in total. The van der Waals surface area contributed by atoms with E-state index in [4.69, 9.17) is 0 Å². The van der Waals surface area contributed by atoms with Gasteiger partial charge in [-0.25, -0.2) is 14.6 Å². The largest absolute Gasteiger partial charge is 0.352 e. The van der Waals surface area contributed by atoms with Gasteiger partial charge in [0.15, 0.2) is 0 Å². The Kier molecular flexibility index (Phi) is 5.60. The second-order valence-electron chi connectivity index (χ2n) is 5.29. The molecule has 0 unspecified atom stereocenters. The van der Waals surface area contributed by atoms with E-state index < -0.39 is 6.04 Å². The molecule has 9 nitrogen and oxygen atoms in total. The molecule has 1 aromatic carbocycles. The second-order valence-corrected chi connectivity index (χ2v) is 5.29. The third-order valence-corrected chi connectivity index (χ3v) is 3.53. The molecule has 1 atom stereocenters. The van der Waals surface area contributed by atoms with Crippen molar-refractivity contribution in [3.8, 4) is 0 Å². The summed E-state index contributed by atoms with van der Waals surface area (Å²) in [5.41, 5.74) is 1.04. The molecule has 0 aliphatic carbocycles. The van der Waals surface area contributed by atoms with Crippen LogP contribution < -0.4 is 10.6 Å². The Morgan fingerprint density at radius 3 is 2.60 bits per heavy atom. The van der Waals surface area contributed by atoms with E-state index in [9.17, 15) is 4.79 Å². The predicted molar refractivity (Wildman–Crippen MR) is 90.5 cm³/mol. The summed E-state index contributed by atoms with van der Waals surface area (Å²) in [5.74, 6) is 0.380. The maximum absolute atomic E-state index is 12.6. The fraction of sp³-hybridized carbons (Fsp3) is 0.250. The molecule has 1 amide bonds. The third kappa shape index (κ3) is 4.80. The summed E-state index contributed by atoms with van der Waals surface area (Å²) < 4.78 is 1.47. The van der Waals surface area contributed by atoms with Gasteiger partial charge < -0.3 is 10.6 Å². The van der Waals surface area contributed by atoms with E-state index in [-0.39, 0.29) is 5.91 Å². The van der Waals surface area contributed by atoms with Crippen molar-refractivity contribution in [2.24, 2.45) is 0 Å². The molecule has 2 heterocycles. The van der Waals surface area contributed by atoms with Gasteiger partial charge in [0.1, 0.15) is 12.4 Å². The van der Waals surface area contributed by atoms with Crippen LogP contribution >= 0.6 is 0 Å². The van der Waals surface area contributed by atoms with Crippen LogP contribution in [0.5, 0.6) is 0 Å². The van der Waals surface area contributed by atoms with Crippen molar-refractivity contribution < 1.29 is 4.79 Å². The predicted octanol–water partition coefficient (Wildman–Crippen LogP) is 0.475. The van der Waals surface area contributed by atoms with Crippen molar-refractivity contribution in [1.29, 1.82) is 0 Å². The maximum atomic E-state index is 12.6. The Morgan fingerprint density at radius 1 is 1.08 bits per heavy atom. The zero-order valence-electron chi connectivity index (χ0n) is 13.5. The van der Waals surface area contributed by atoms with E-state index in [1.54, 1.807) is 18.5 Å². The van der Waals surface area contributed by atoms with Gasteiger partial charge in [-0.3, -0.25) is 4.79 Å². The first kappa shape index (κ1) is 16.5. The van der Waals surface area contributed by atoms with Crippen LogP contribution in [0.25, 0.3) is 0 Å². The van der Waals surface area contributed by atoms with Crippen LogP contribution in [0.2, 0.25) is 0 Å².